The Morgan fingerprint density at radius 2 is 2.25 bits per heavy atom. The number of aryl methyl sites for hydroxylation is 1. The maximum absolute atomic E-state index is 12.3. The van der Waals surface area contributed by atoms with Crippen molar-refractivity contribution >= 4 is 11.9 Å². The molecule has 1 amide bonds. The van der Waals surface area contributed by atoms with Crippen molar-refractivity contribution in [3.63, 3.8) is 0 Å². The number of ether oxygens (including phenoxy) is 1. The molecular weight excluding hydrogens is 310 g/mol. The zero-order valence-electron chi connectivity index (χ0n) is 13.9. The summed E-state index contributed by atoms with van der Waals surface area (Å²) < 4.78 is 7.06. The van der Waals surface area contributed by atoms with Crippen molar-refractivity contribution in [2.75, 3.05) is 38.2 Å². The molecule has 9 nitrogen and oxygen atoms in total. The maximum atomic E-state index is 12.3. The number of morpholine rings is 1. The molecule has 24 heavy (non-hydrogen) atoms. The van der Waals surface area contributed by atoms with Gasteiger partial charge in [-0.05, 0) is 6.42 Å². The van der Waals surface area contributed by atoms with Gasteiger partial charge in [-0.25, -0.2) is 4.98 Å². The standard InChI is InChI=1S/C15H23N7O2/c1-2-3-12-11-22(20-19-12)5-4-16-15-17-10-13(18-15)14(23)21-6-8-24-9-7-21/h10-11H,2-9H2,1H3,(H2,16,17,18). The summed E-state index contributed by atoms with van der Waals surface area (Å²) in [6.07, 6.45) is 5.53. The van der Waals surface area contributed by atoms with Crippen LogP contribution in [0.4, 0.5) is 5.95 Å². The molecule has 130 valence electrons. The van der Waals surface area contributed by atoms with Crippen LogP contribution >= 0.6 is 0 Å². The molecular formula is C15H23N7O2. The Kier molecular flexibility index (Phi) is 5.42. The number of imidazole rings is 1. The lowest BCUT2D eigenvalue weighted by molar-refractivity contribution is 0.0299. The zero-order valence-corrected chi connectivity index (χ0v) is 13.9. The second-order valence-electron chi connectivity index (χ2n) is 5.70. The highest BCUT2D eigenvalue weighted by atomic mass is 16.5. The first-order valence-corrected chi connectivity index (χ1v) is 8.31. The van der Waals surface area contributed by atoms with Crippen molar-refractivity contribution in [3.05, 3.63) is 23.8 Å². The van der Waals surface area contributed by atoms with Crippen LogP contribution < -0.4 is 5.32 Å². The minimum absolute atomic E-state index is 0.0423. The van der Waals surface area contributed by atoms with Gasteiger partial charge >= 0.3 is 0 Å². The summed E-state index contributed by atoms with van der Waals surface area (Å²) in [6.45, 7) is 5.86. The first kappa shape index (κ1) is 16.4. The van der Waals surface area contributed by atoms with Gasteiger partial charge in [0.15, 0.2) is 0 Å². The molecule has 0 radical (unpaired) electrons. The highest BCUT2D eigenvalue weighted by Gasteiger charge is 2.20. The van der Waals surface area contributed by atoms with Gasteiger partial charge in [0.1, 0.15) is 5.69 Å². The fourth-order valence-corrected chi connectivity index (χ4v) is 2.56. The molecule has 0 unspecified atom stereocenters. The number of anilines is 1. The number of hydrogen-bond acceptors (Lipinski definition) is 6. The SMILES string of the molecule is CCCc1cn(CCNc2ncc(C(=O)N3CCOCC3)[nH]2)nn1. The van der Waals surface area contributed by atoms with Crippen molar-refractivity contribution in [1.82, 2.24) is 29.9 Å². The maximum Gasteiger partial charge on any atom is 0.272 e. The highest BCUT2D eigenvalue weighted by molar-refractivity contribution is 5.92. The molecule has 0 aliphatic carbocycles. The number of rotatable bonds is 7. The van der Waals surface area contributed by atoms with Crippen LogP contribution in [0.3, 0.4) is 0 Å². The number of amides is 1. The molecule has 2 N–H and O–H groups in total. The number of carbonyl (C=O) groups is 1. The molecule has 0 aromatic carbocycles. The first-order chi connectivity index (χ1) is 11.8. The topological polar surface area (TPSA) is 101 Å². The average molecular weight is 333 g/mol. The summed E-state index contributed by atoms with van der Waals surface area (Å²) in [5.74, 6) is 0.542. The molecule has 1 aliphatic rings. The van der Waals surface area contributed by atoms with E-state index in [-0.39, 0.29) is 5.91 Å². The van der Waals surface area contributed by atoms with E-state index >= 15 is 0 Å². The Bertz CT molecular complexity index is 660. The number of H-pyrrole nitrogens is 1. The molecule has 9 heteroatoms. The van der Waals surface area contributed by atoms with E-state index in [9.17, 15) is 4.79 Å². The molecule has 3 heterocycles. The molecule has 1 aliphatic heterocycles. The largest absolute Gasteiger partial charge is 0.378 e. The average Bonchev–Trinajstić information content (AvgIpc) is 3.25. The lowest BCUT2D eigenvalue weighted by atomic mass is 10.3. The Balaban J connectivity index is 1.47. The Morgan fingerprint density at radius 1 is 1.42 bits per heavy atom. The molecule has 1 fully saturated rings. The van der Waals surface area contributed by atoms with Gasteiger partial charge in [0.05, 0.1) is 31.6 Å². The van der Waals surface area contributed by atoms with Gasteiger partial charge in [-0.3, -0.25) is 9.48 Å². The number of hydrogen-bond donors (Lipinski definition) is 2. The third kappa shape index (κ3) is 4.10. The Hall–Kier alpha value is -2.42. The lowest BCUT2D eigenvalue weighted by Crippen LogP contribution is -2.40. The van der Waals surface area contributed by atoms with E-state index in [0.29, 0.717) is 51.0 Å². The summed E-state index contributed by atoms with van der Waals surface area (Å²) >= 11 is 0. The van der Waals surface area contributed by atoms with Crippen LogP contribution in [0.25, 0.3) is 0 Å². The van der Waals surface area contributed by atoms with Gasteiger partial charge in [-0.2, -0.15) is 0 Å². The summed E-state index contributed by atoms with van der Waals surface area (Å²) in [5, 5.41) is 11.4. The number of nitrogens with zero attached hydrogens (tertiary/aromatic N) is 5. The fraction of sp³-hybridized carbons (Fsp3) is 0.600. The van der Waals surface area contributed by atoms with E-state index in [4.69, 9.17) is 4.74 Å². The molecule has 2 aromatic heterocycles. The van der Waals surface area contributed by atoms with Crippen LogP contribution in [0.5, 0.6) is 0 Å². The van der Waals surface area contributed by atoms with Crippen LogP contribution in [-0.2, 0) is 17.7 Å². The number of nitrogens with one attached hydrogen (secondary N) is 2. The second-order valence-corrected chi connectivity index (χ2v) is 5.70. The van der Waals surface area contributed by atoms with Crippen molar-refractivity contribution in [3.8, 4) is 0 Å². The van der Waals surface area contributed by atoms with Gasteiger partial charge in [0.2, 0.25) is 5.95 Å². The van der Waals surface area contributed by atoms with Gasteiger partial charge in [0.25, 0.3) is 5.91 Å². The second kappa shape index (κ2) is 7.91. The Labute approximate surface area is 140 Å². The van der Waals surface area contributed by atoms with E-state index in [2.05, 4.69) is 32.5 Å². The molecule has 0 bridgehead atoms. The van der Waals surface area contributed by atoms with Gasteiger partial charge < -0.3 is 19.9 Å². The minimum Gasteiger partial charge on any atom is -0.378 e. The number of carbonyl (C=O) groups excluding carboxylic acids is 1. The predicted molar refractivity (Wildman–Crippen MR) is 87.8 cm³/mol. The summed E-state index contributed by atoms with van der Waals surface area (Å²) in [4.78, 5) is 21.3. The fourth-order valence-electron chi connectivity index (χ4n) is 2.56. The van der Waals surface area contributed by atoms with Crippen LogP contribution in [0.2, 0.25) is 0 Å². The normalized spacial score (nSPS) is 14.8. The first-order valence-electron chi connectivity index (χ1n) is 8.31. The van der Waals surface area contributed by atoms with Crippen LogP contribution in [0.15, 0.2) is 12.4 Å². The Morgan fingerprint density at radius 3 is 3.04 bits per heavy atom. The zero-order chi connectivity index (χ0) is 16.8. The highest BCUT2D eigenvalue weighted by Crippen LogP contribution is 2.08. The monoisotopic (exact) mass is 333 g/mol. The number of aromatic amines is 1. The van der Waals surface area contributed by atoms with Gasteiger partial charge in [-0.15, -0.1) is 5.10 Å². The molecule has 0 saturated carbocycles. The van der Waals surface area contributed by atoms with Crippen molar-refractivity contribution in [2.24, 2.45) is 0 Å². The van der Waals surface area contributed by atoms with E-state index in [1.807, 2.05) is 6.20 Å². The molecule has 1 saturated heterocycles. The van der Waals surface area contributed by atoms with Crippen molar-refractivity contribution in [1.29, 1.82) is 0 Å². The molecule has 2 aromatic rings. The van der Waals surface area contributed by atoms with Crippen molar-refractivity contribution < 1.29 is 9.53 Å². The molecule has 0 atom stereocenters. The van der Waals surface area contributed by atoms with E-state index in [1.54, 1.807) is 15.8 Å². The van der Waals surface area contributed by atoms with E-state index < -0.39 is 0 Å². The van der Waals surface area contributed by atoms with Crippen molar-refractivity contribution in [2.45, 2.75) is 26.3 Å². The lowest BCUT2D eigenvalue weighted by Gasteiger charge is -2.26. The molecule has 0 spiro atoms. The summed E-state index contributed by atoms with van der Waals surface area (Å²) in [7, 11) is 0. The predicted octanol–water partition coefficient (Wildman–Crippen LogP) is 0.538. The van der Waals surface area contributed by atoms with Gasteiger partial charge in [-0.1, -0.05) is 18.6 Å². The molecule has 3 rings (SSSR count). The smallest absolute Gasteiger partial charge is 0.272 e. The van der Waals surface area contributed by atoms with Crippen LogP contribution in [0.1, 0.15) is 29.5 Å². The van der Waals surface area contributed by atoms with E-state index in [1.165, 1.54) is 0 Å². The van der Waals surface area contributed by atoms with E-state index in [0.717, 1.165) is 18.5 Å². The van der Waals surface area contributed by atoms with Gasteiger partial charge in [0, 0.05) is 25.8 Å². The van der Waals surface area contributed by atoms with Crippen LogP contribution in [-0.4, -0.2) is 68.6 Å². The summed E-state index contributed by atoms with van der Waals surface area (Å²) in [5.41, 5.74) is 1.50. The third-order valence-corrected chi connectivity index (χ3v) is 3.83. The third-order valence-electron chi connectivity index (χ3n) is 3.83. The minimum atomic E-state index is -0.0423. The quantitative estimate of drug-likeness (QED) is 0.767. The number of aromatic nitrogens is 5. The summed E-state index contributed by atoms with van der Waals surface area (Å²) in [6, 6.07) is 0. The van der Waals surface area contributed by atoms with Crippen LogP contribution in [0, 0.1) is 0 Å².